The van der Waals surface area contributed by atoms with Crippen molar-refractivity contribution in [3.8, 4) is 17.6 Å². The molecule has 150 valence electrons. The summed E-state index contributed by atoms with van der Waals surface area (Å²) in [6, 6.07) is 17.3. The molecule has 30 heavy (non-hydrogen) atoms. The Morgan fingerprint density at radius 1 is 1.03 bits per heavy atom. The minimum atomic E-state index is -0.346. The van der Waals surface area contributed by atoms with Crippen molar-refractivity contribution in [3.05, 3.63) is 103 Å². The number of nitrogens with zero attached hydrogens (tertiary/aromatic N) is 2. The van der Waals surface area contributed by atoms with Gasteiger partial charge >= 0.3 is 5.69 Å². The van der Waals surface area contributed by atoms with E-state index in [4.69, 9.17) is 4.74 Å². The Morgan fingerprint density at radius 2 is 1.80 bits per heavy atom. The Labute approximate surface area is 177 Å². The number of aryl methyl sites for hydroxylation is 1. The number of hydrogen-bond donors (Lipinski definition) is 0. The molecule has 6 heteroatoms. The summed E-state index contributed by atoms with van der Waals surface area (Å²) in [6.07, 6.45) is 2.29. The van der Waals surface area contributed by atoms with Gasteiger partial charge in [0.15, 0.2) is 0 Å². The number of methoxy groups -OCH3 is 1. The van der Waals surface area contributed by atoms with Crippen LogP contribution in [0.5, 0.6) is 5.75 Å². The maximum Gasteiger partial charge on any atom is 0.336 e. The van der Waals surface area contributed by atoms with Gasteiger partial charge in [-0.25, -0.2) is 4.79 Å². The largest absolute Gasteiger partial charge is 0.497 e. The fourth-order valence-electron chi connectivity index (χ4n) is 3.24. The minimum absolute atomic E-state index is 0.245. The predicted octanol–water partition coefficient (Wildman–Crippen LogP) is 3.48. The molecule has 0 radical (unpaired) electrons. The lowest BCUT2D eigenvalue weighted by molar-refractivity contribution is 0.414. The van der Waals surface area contributed by atoms with E-state index in [2.05, 4.69) is 11.8 Å². The molecule has 2 heterocycles. The maximum absolute atomic E-state index is 13.0. The third-order valence-electron chi connectivity index (χ3n) is 4.82. The first-order chi connectivity index (χ1) is 14.6. The van der Waals surface area contributed by atoms with Crippen LogP contribution < -0.4 is 16.0 Å². The third kappa shape index (κ3) is 3.93. The van der Waals surface area contributed by atoms with Crippen LogP contribution in [0.1, 0.15) is 21.6 Å². The number of fused-ring (bicyclic) bond motifs is 1. The van der Waals surface area contributed by atoms with Gasteiger partial charge in [-0.3, -0.25) is 13.8 Å². The van der Waals surface area contributed by atoms with Crippen molar-refractivity contribution in [3.63, 3.8) is 0 Å². The Bertz CT molecular complexity index is 1390. The number of hydrogen-bond acceptors (Lipinski definition) is 4. The first kappa shape index (κ1) is 19.7. The van der Waals surface area contributed by atoms with Crippen LogP contribution in [0.4, 0.5) is 0 Å². The minimum Gasteiger partial charge on any atom is -0.497 e. The highest BCUT2D eigenvalue weighted by atomic mass is 32.1. The Kier molecular flexibility index (Phi) is 5.55. The van der Waals surface area contributed by atoms with Crippen molar-refractivity contribution < 1.29 is 4.74 Å². The molecule has 0 aliphatic heterocycles. The molecular formula is C24H20N2O3S. The zero-order valence-corrected chi connectivity index (χ0v) is 17.5. The van der Waals surface area contributed by atoms with E-state index in [0.29, 0.717) is 16.8 Å². The molecule has 0 saturated carbocycles. The molecule has 2 aromatic heterocycles. The summed E-state index contributed by atoms with van der Waals surface area (Å²) < 4.78 is 8.04. The summed E-state index contributed by atoms with van der Waals surface area (Å²) in [5, 5.41) is 0. The number of thiazole rings is 1. The molecular weight excluding hydrogens is 396 g/mol. The van der Waals surface area contributed by atoms with E-state index in [9.17, 15) is 9.59 Å². The molecule has 4 aromatic rings. The standard InChI is InChI=1S/C24H20N2O3S/c1-17-22(27)25(15-19-8-4-3-5-9-19)24(28)26-16-21(30-23(17)26)13-7-11-18-10-6-12-20(14-18)29-2/h3-6,8-10,12,14,16H,11,15H2,1-2H3. The molecule has 0 amide bonds. The van der Waals surface area contributed by atoms with Gasteiger partial charge in [0.1, 0.15) is 10.6 Å². The van der Waals surface area contributed by atoms with Crippen molar-refractivity contribution in [1.29, 1.82) is 0 Å². The molecule has 2 aromatic carbocycles. The molecule has 0 aliphatic rings. The van der Waals surface area contributed by atoms with Crippen LogP contribution in [0.2, 0.25) is 0 Å². The first-order valence-corrected chi connectivity index (χ1v) is 10.3. The van der Waals surface area contributed by atoms with Gasteiger partial charge in [0.2, 0.25) is 0 Å². The first-order valence-electron chi connectivity index (χ1n) is 9.48. The van der Waals surface area contributed by atoms with E-state index in [1.54, 1.807) is 20.2 Å². The highest BCUT2D eigenvalue weighted by Crippen LogP contribution is 2.18. The van der Waals surface area contributed by atoms with Crippen molar-refractivity contribution in [2.45, 2.75) is 19.9 Å². The lowest BCUT2D eigenvalue weighted by atomic mass is 10.1. The number of ether oxygens (including phenoxy) is 1. The molecule has 0 spiro atoms. The Balaban J connectivity index is 1.68. The average molecular weight is 417 g/mol. The fraction of sp³-hybridized carbons (Fsp3) is 0.167. The van der Waals surface area contributed by atoms with E-state index in [1.165, 1.54) is 20.3 Å². The summed E-state index contributed by atoms with van der Waals surface area (Å²) in [5.74, 6) is 7.06. The lowest BCUT2D eigenvalue weighted by Gasteiger charge is -2.07. The highest BCUT2D eigenvalue weighted by molar-refractivity contribution is 7.18. The van der Waals surface area contributed by atoms with E-state index in [-0.39, 0.29) is 17.8 Å². The zero-order chi connectivity index (χ0) is 21.1. The zero-order valence-electron chi connectivity index (χ0n) is 16.7. The van der Waals surface area contributed by atoms with Crippen LogP contribution in [-0.4, -0.2) is 16.1 Å². The predicted molar refractivity (Wildman–Crippen MR) is 120 cm³/mol. The second-order valence-corrected chi connectivity index (χ2v) is 7.92. The van der Waals surface area contributed by atoms with Gasteiger partial charge in [-0.15, -0.1) is 11.3 Å². The summed E-state index contributed by atoms with van der Waals surface area (Å²) in [7, 11) is 1.64. The van der Waals surface area contributed by atoms with E-state index >= 15 is 0 Å². The topological polar surface area (TPSA) is 52.7 Å². The monoisotopic (exact) mass is 416 g/mol. The molecule has 0 aliphatic carbocycles. The van der Waals surface area contributed by atoms with Gasteiger partial charge in [0.05, 0.1) is 18.5 Å². The second kappa shape index (κ2) is 8.44. The van der Waals surface area contributed by atoms with Gasteiger partial charge < -0.3 is 4.74 Å². The summed E-state index contributed by atoms with van der Waals surface area (Å²) in [4.78, 5) is 27.1. The van der Waals surface area contributed by atoms with Crippen LogP contribution in [0, 0.1) is 18.8 Å². The quantitative estimate of drug-likeness (QED) is 0.479. The second-order valence-electron chi connectivity index (χ2n) is 6.89. The lowest BCUT2D eigenvalue weighted by Crippen LogP contribution is -2.38. The number of benzene rings is 2. The highest BCUT2D eigenvalue weighted by Gasteiger charge is 2.14. The molecule has 4 rings (SSSR count). The van der Waals surface area contributed by atoms with E-state index in [1.807, 2.05) is 54.6 Å². The molecule has 5 nitrogen and oxygen atoms in total. The average Bonchev–Trinajstić information content (AvgIpc) is 3.21. The molecule has 0 bridgehead atoms. The fourth-order valence-corrected chi connectivity index (χ4v) is 4.20. The SMILES string of the molecule is COc1cccc(CC#Cc2cn3c(=O)n(Cc4ccccc4)c(=O)c(C)c3s2)c1. The van der Waals surface area contributed by atoms with Gasteiger partial charge in [-0.05, 0) is 30.2 Å². The summed E-state index contributed by atoms with van der Waals surface area (Å²) in [5.41, 5.74) is 1.91. The smallest absolute Gasteiger partial charge is 0.336 e. The van der Waals surface area contributed by atoms with Gasteiger partial charge in [-0.2, -0.15) is 0 Å². The van der Waals surface area contributed by atoms with Gasteiger partial charge in [-0.1, -0.05) is 54.3 Å². The van der Waals surface area contributed by atoms with Gasteiger partial charge in [0.25, 0.3) is 5.56 Å². The van der Waals surface area contributed by atoms with E-state index < -0.39 is 0 Å². The molecule has 0 saturated heterocycles. The molecule has 0 atom stereocenters. The Morgan fingerprint density at radius 3 is 2.57 bits per heavy atom. The number of rotatable bonds is 4. The van der Waals surface area contributed by atoms with Crippen molar-refractivity contribution in [1.82, 2.24) is 8.97 Å². The summed E-state index contributed by atoms with van der Waals surface area (Å²) >= 11 is 1.36. The molecule has 0 N–H and O–H groups in total. The summed E-state index contributed by atoms with van der Waals surface area (Å²) in [6.45, 7) is 2.00. The van der Waals surface area contributed by atoms with Crippen LogP contribution in [0.3, 0.4) is 0 Å². The molecule has 0 fully saturated rings. The number of aromatic nitrogens is 2. The van der Waals surface area contributed by atoms with E-state index in [0.717, 1.165) is 21.8 Å². The van der Waals surface area contributed by atoms with Crippen molar-refractivity contribution in [2.75, 3.05) is 7.11 Å². The normalized spacial score (nSPS) is 10.6. The van der Waals surface area contributed by atoms with Crippen LogP contribution >= 0.6 is 11.3 Å². The maximum atomic E-state index is 13.0. The van der Waals surface area contributed by atoms with Crippen LogP contribution in [0.25, 0.3) is 4.83 Å². The van der Waals surface area contributed by atoms with Crippen LogP contribution in [-0.2, 0) is 13.0 Å². The van der Waals surface area contributed by atoms with Gasteiger partial charge in [0, 0.05) is 18.2 Å². The third-order valence-corrected chi connectivity index (χ3v) is 5.94. The van der Waals surface area contributed by atoms with Crippen molar-refractivity contribution >= 4 is 16.2 Å². The van der Waals surface area contributed by atoms with Crippen LogP contribution in [0.15, 0.2) is 70.4 Å². The van der Waals surface area contributed by atoms with Crippen molar-refractivity contribution in [2.24, 2.45) is 0 Å². The molecule has 0 unspecified atom stereocenters. The Hall–Kier alpha value is -3.56.